The average molecular weight is 321 g/mol. The summed E-state index contributed by atoms with van der Waals surface area (Å²) < 4.78 is 0. The Morgan fingerprint density at radius 2 is 2.41 bits per heavy atom. The first-order chi connectivity index (χ1) is 10.5. The quantitative estimate of drug-likeness (QED) is 0.773. The fraction of sp³-hybridized carbons (Fsp3) is 0.500. The van der Waals surface area contributed by atoms with Gasteiger partial charge in [-0.3, -0.25) is 14.5 Å². The summed E-state index contributed by atoms with van der Waals surface area (Å²) in [5.41, 5.74) is 5.36. The molecular formula is C16H23N3O2S. The third-order valence-electron chi connectivity index (χ3n) is 4.12. The van der Waals surface area contributed by atoms with Crippen LogP contribution in [0, 0.1) is 5.92 Å². The highest BCUT2D eigenvalue weighted by molar-refractivity contribution is 7.09. The Kier molecular flexibility index (Phi) is 5.74. The normalized spacial score (nSPS) is 19.8. The maximum absolute atomic E-state index is 12.7. The number of carbonyl (C=O) groups is 2. The molecule has 2 N–H and O–H groups in total. The molecule has 22 heavy (non-hydrogen) atoms. The Bertz CT molecular complexity index is 530. The summed E-state index contributed by atoms with van der Waals surface area (Å²) >= 11 is 1.64. The number of carbonyl (C=O) groups excluding carboxylic acids is 2. The van der Waals surface area contributed by atoms with Crippen molar-refractivity contribution in [2.75, 3.05) is 19.6 Å². The average Bonchev–Trinajstić information content (AvgIpc) is 3.16. The summed E-state index contributed by atoms with van der Waals surface area (Å²) in [5.74, 6) is -0.345. The van der Waals surface area contributed by atoms with Gasteiger partial charge in [0.25, 0.3) is 0 Å². The summed E-state index contributed by atoms with van der Waals surface area (Å²) in [6, 6.07) is 3.76. The van der Waals surface area contributed by atoms with Crippen LogP contribution in [0.5, 0.6) is 0 Å². The lowest BCUT2D eigenvalue weighted by atomic mass is 10.1. The molecule has 2 amide bonds. The molecule has 1 aliphatic rings. The molecule has 1 saturated heterocycles. The molecule has 0 bridgehead atoms. The van der Waals surface area contributed by atoms with E-state index in [1.165, 1.54) is 0 Å². The standard InChI is InChI=1S/C16H23N3O2S/c1-3-7-19(11-14-5-4-9-22-14)16(21)12(2)18-8-6-13(10-18)15(17)20/h3-5,9,12-13H,1,6-8,10-11H2,2H3,(H2,17,20)/t12-,13-/m1/s1. The van der Waals surface area contributed by atoms with Crippen LogP contribution in [0.1, 0.15) is 18.2 Å². The Labute approximate surface area is 135 Å². The van der Waals surface area contributed by atoms with Crippen LogP contribution in [0.15, 0.2) is 30.2 Å². The van der Waals surface area contributed by atoms with Crippen LogP contribution < -0.4 is 5.73 Å². The minimum absolute atomic E-state index is 0.0680. The second kappa shape index (κ2) is 7.56. The fourth-order valence-corrected chi connectivity index (χ4v) is 3.49. The molecule has 1 aromatic heterocycles. The largest absolute Gasteiger partial charge is 0.369 e. The highest BCUT2D eigenvalue weighted by Crippen LogP contribution is 2.20. The topological polar surface area (TPSA) is 66.6 Å². The number of primary amides is 1. The van der Waals surface area contributed by atoms with Gasteiger partial charge in [-0.25, -0.2) is 0 Å². The van der Waals surface area contributed by atoms with Gasteiger partial charge in [0.05, 0.1) is 18.5 Å². The predicted octanol–water partition coefficient (Wildman–Crippen LogP) is 1.46. The zero-order valence-electron chi connectivity index (χ0n) is 12.9. The number of amides is 2. The van der Waals surface area contributed by atoms with Gasteiger partial charge in [0, 0.05) is 18.0 Å². The van der Waals surface area contributed by atoms with Crippen molar-refractivity contribution >= 4 is 23.2 Å². The van der Waals surface area contributed by atoms with Crippen molar-refractivity contribution in [3.05, 3.63) is 35.0 Å². The number of rotatable bonds is 7. The molecule has 1 aromatic rings. The van der Waals surface area contributed by atoms with E-state index < -0.39 is 0 Å². The van der Waals surface area contributed by atoms with Gasteiger partial charge in [-0.1, -0.05) is 12.1 Å². The molecule has 0 radical (unpaired) electrons. The molecule has 2 rings (SSSR count). The van der Waals surface area contributed by atoms with Crippen molar-refractivity contribution in [3.63, 3.8) is 0 Å². The van der Waals surface area contributed by atoms with Crippen LogP contribution in [-0.4, -0.2) is 47.3 Å². The summed E-state index contributed by atoms with van der Waals surface area (Å²) in [7, 11) is 0. The Morgan fingerprint density at radius 1 is 1.64 bits per heavy atom. The third-order valence-corrected chi connectivity index (χ3v) is 4.98. The first-order valence-corrected chi connectivity index (χ1v) is 8.36. The van der Waals surface area contributed by atoms with Crippen LogP contribution in [-0.2, 0) is 16.1 Å². The van der Waals surface area contributed by atoms with Crippen molar-refractivity contribution in [1.82, 2.24) is 9.80 Å². The number of likely N-dealkylation sites (tertiary alicyclic amines) is 1. The highest BCUT2D eigenvalue weighted by atomic mass is 32.1. The molecule has 5 nitrogen and oxygen atoms in total. The summed E-state index contributed by atoms with van der Waals surface area (Å²) in [6.45, 7) is 8.07. The summed E-state index contributed by atoms with van der Waals surface area (Å²) in [4.78, 5) is 29.0. The maximum atomic E-state index is 12.7. The fourth-order valence-electron chi connectivity index (χ4n) is 2.77. The minimum atomic E-state index is -0.274. The van der Waals surface area contributed by atoms with Crippen LogP contribution in [0.3, 0.4) is 0 Å². The Hall–Kier alpha value is -1.66. The number of thiophene rings is 1. The van der Waals surface area contributed by atoms with Gasteiger partial charge in [-0.2, -0.15) is 0 Å². The van der Waals surface area contributed by atoms with E-state index in [4.69, 9.17) is 5.73 Å². The lowest BCUT2D eigenvalue weighted by Crippen LogP contribution is -2.46. The first-order valence-electron chi connectivity index (χ1n) is 7.48. The van der Waals surface area contributed by atoms with E-state index in [0.717, 1.165) is 17.8 Å². The molecule has 0 spiro atoms. The van der Waals surface area contributed by atoms with Gasteiger partial charge in [0.15, 0.2) is 0 Å². The smallest absolute Gasteiger partial charge is 0.240 e. The molecule has 1 fully saturated rings. The molecule has 6 heteroatoms. The molecule has 2 atom stereocenters. The van der Waals surface area contributed by atoms with E-state index in [0.29, 0.717) is 19.6 Å². The molecule has 0 unspecified atom stereocenters. The molecule has 0 aromatic carbocycles. The zero-order valence-corrected chi connectivity index (χ0v) is 13.7. The second-order valence-electron chi connectivity index (χ2n) is 5.65. The Balaban J connectivity index is 2.00. The number of hydrogen-bond acceptors (Lipinski definition) is 4. The number of nitrogens with zero attached hydrogens (tertiary/aromatic N) is 2. The van der Waals surface area contributed by atoms with Crippen LogP contribution >= 0.6 is 11.3 Å². The molecule has 1 aliphatic heterocycles. The van der Waals surface area contributed by atoms with Crippen molar-refractivity contribution in [2.24, 2.45) is 11.7 Å². The lowest BCUT2D eigenvalue weighted by Gasteiger charge is -2.29. The molecule has 0 saturated carbocycles. The molecular weight excluding hydrogens is 298 g/mol. The van der Waals surface area contributed by atoms with Gasteiger partial charge >= 0.3 is 0 Å². The van der Waals surface area contributed by atoms with E-state index in [9.17, 15) is 9.59 Å². The van der Waals surface area contributed by atoms with Gasteiger partial charge in [0.1, 0.15) is 0 Å². The monoisotopic (exact) mass is 321 g/mol. The molecule has 0 aliphatic carbocycles. The van der Waals surface area contributed by atoms with E-state index in [1.807, 2.05) is 29.3 Å². The second-order valence-corrected chi connectivity index (χ2v) is 6.68. The van der Waals surface area contributed by atoms with Crippen molar-refractivity contribution in [2.45, 2.75) is 25.9 Å². The SMILES string of the molecule is C=CCN(Cc1cccs1)C(=O)[C@@H](C)N1CC[C@@H](C(N)=O)C1. The molecule has 2 heterocycles. The predicted molar refractivity (Wildman–Crippen MR) is 88.3 cm³/mol. The van der Waals surface area contributed by atoms with Crippen LogP contribution in [0.2, 0.25) is 0 Å². The lowest BCUT2D eigenvalue weighted by molar-refractivity contribution is -0.136. The van der Waals surface area contributed by atoms with Gasteiger partial charge < -0.3 is 10.6 Å². The third kappa shape index (κ3) is 3.96. The zero-order chi connectivity index (χ0) is 16.1. The van der Waals surface area contributed by atoms with Gasteiger partial charge in [0.2, 0.25) is 11.8 Å². The highest BCUT2D eigenvalue weighted by Gasteiger charge is 2.33. The van der Waals surface area contributed by atoms with Gasteiger partial charge in [-0.05, 0) is 31.3 Å². The van der Waals surface area contributed by atoms with Crippen LogP contribution in [0.4, 0.5) is 0 Å². The van der Waals surface area contributed by atoms with E-state index >= 15 is 0 Å². The molecule has 120 valence electrons. The van der Waals surface area contributed by atoms with E-state index in [2.05, 4.69) is 6.58 Å². The van der Waals surface area contributed by atoms with Gasteiger partial charge in [-0.15, -0.1) is 17.9 Å². The first kappa shape index (κ1) is 16.7. The van der Waals surface area contributed by atoms with Crippen molar-refractivity contribution in [3.8, 4) is 0 Å². The van der Waals surface area contributed by atoms with Crippen molar-refractivity contribution in [1.29, 1.82) is 0 Å². The minimum Gasteiger partial charge on any atom is -0.369 e. The maximum Gasteiger partial charge on any atom is 0.240 e. The van der Waals surface area contributed by atoms with Crippen molar-refractivity contribution < 1.29 is 9.59 Å². The Morgan fingerprint density at radius 3 is 2.95 bits per heavy atom. The van der Waals surface area contributed by atoms with E-state index in [1.54, 1.807) is 22.3 Å². The number of nitrogens with two attached hydrogens (primary N) is 1. The number of hydrogen-bond donors (Lipinski definition) is 1. The summed E-state index contributed by atoms with van der Waals surface area (Å²) in [5, 5.41) is 2.01. The van der Waals surface area contributed by atoms with Crippen LogP contribution in [0.25, 0.3) is 0 Å². The summed E-state index contributed by atoms with van der Waals surface area (Å²) in [6.07, 6.45) is 2.48. The van der Waals surface area contributed by atoms with E-state index in [-0.39, 0.29) is 23.8 Å².